The van der Waals surface area contributed by atoms with E-state index in [-0.39, 0.29) is 0 Å². The zero-order chi connectivity index (χ0) is 16.3. The Morgan fingerprint density at radius 2 is 1.60 bits per heavy atom. The number of rotatable bonds is 8. The predicted molar refractivity (Wildman–Crippen MR) is 74.2 cm³/mol. The van der Waals surface area contributed by atoms with Crippen molar-refractivity contribution in [1.82, 2.24) is 0 Å². The van der Waals surface area contributed by atoms with Crippen LogP contribution in [-0.2, 0) is 19.7 Å². The molecule has 3 N–H and O–H groups in total. The van der Waals surface area contributed by atoms with Crippen LogP contribution in [0, 0.1) is 5.92 Å². The molecule has 7 nitrogen and oxygen atoms in total. The largest absolute Gasteiger partial charge is 0.481 e. The Hall–Kier alpha value is -1.15. The van der Waals surface area contributed by atoms with Gasteiger partial charge in [0.1, 0.15) is 0 Å². The number of carbonyl (C=O) groups is 2. The first-order valence-electron chi connectivity index (χ1n) is 6.43. The van der Waals surface area contributed by atoms with E-state index in [2.05, 4.69) is 20.8 Å². The summed E-state index contributed by atoms with van der Waals surface area (Å²) in [6.45, 7) is 6.83. The highest BCUT2D eigenvalue weighted by atomic mass is 32.2. The van der Waals surface area contributed by atoms with Gasteiger partial charge in [-0.15, -0.1) is 0 Å². The van der Waals surface area contributed by atoms with Crippen LogP contribution in [0.25, 0.3) is 0 Å². The first kappa shape index (κ1) is 21.2. The molecule has 0 amide bonds. The number of carboxylic acids is 2. The van der Waals surface area contributed by atoms with Gasteiger partial charge < -0.3 is 10.2 Å². The number of unbranched alkanes of at least 4 members (excludes halogenated alkanes) is 2. The van der Waals surface area contributed by atoms with Gasteiger partial charge in [0, 0.05) is 0 Å². The molecule has 0 aromatic heterocycles. The Kier molecular flexibility index (Phi) is 11.2. The van der Waals surface area contributed by atoms with Crippen LogP contribution in [0.2, 0.25) is 0 Å². The minimum atomic E-state index is -4.84. The normalized spacial score (nSPS) is 12.4. The molecule has 0 aromatic rings. The van der Waals surface area contributed by atoms with Crippen LogP contribution < -0.4 is 0 Å². The van der Waals surface area contributed by atoms with E-state index in [0.29, 0.717) is 0 Å². The lowest BCUT2D eigenvalue weighted by atomic mass is 10.1. The second-order valence-corrected chi connectivity index (χ2v) is 6.43. The summed E-state index contributed by atoms with van der Waals surface area (Å²) < 4.78 is 28.7. The summed E-state index contributed by atoms with van der Waals surface area (Å²) in [7, 11) is -4.84. The average molecular weight is 312 g/mol. The maximum Gasteiger partial charge on any atom is 0.325 e. The van der Waals surface area contributed by atoms with E-state index in [9.17, 15) is 18.0 Å². The van der Waals surface area contributed by atoms with Gasteiger partial charge in [-0.2, -0.15) is 8.42 Å². The molecule has 0 bridgehead atoms. The van der Waals surface area contributed by atoms with Crippen LogP contribution in [0.1, 0.15) is 52.9 Å². The summed E-state index contributed by atoms with van der Waals surface area (Å²) in [5, 5.41) is 13.9. The summed E-state index contributed by atoms with van der Waals surface area (Å²) in [5.74, 6) is -2.60. The Labute approximate surface area is 119 Å². The average Bonchev–Trinajstić information content (AvgIpc) is 2.24. The molecular weight excluding hydrogens is 288 g/mol. The second-order valence-electron chi connectivity index (χ2n) is 4.83. The standard InChI is InChI=1S/C8H18.C4H6O7S/c1-4-5-6-7-8(2)3;5-3(6)1-2(4(7)8)12(9,10)11/h8H,4-7H2,1-3H3;2H,1H2,(H,5,6)(H,7,8)(H,9,10,11). The number of aliphatic carboxylic acids is 2. The van der Waals surface area contributed by atoms with Gasteiger partial charge in [-0.25, -0.2) is 0 Å². The zero-order valence-corrected chi connectivity index (χ0v) is 12.9. The SMILES string of the molecule is CCCCCC(C)C.O=C(O)CC(C(=O)O)S(=O)(=O)O. The van der Waals surface area contributed by atoms with E-state index in [1.807, 2.05) is 0 Å². The number of hydrogen-bond acceptors (Lipinski definition) is 4. The Bertz CT molecular complexity index is 387. The first-order chi connectivity index (χ1) is 9.02. The summed E-state index contributed by atoms with van der Waals surface area (Å²) in [4.78, 5) is 20.0. The van der Waals surface area contributed by atoms with Crippen LogP contribution in [0.4, 0.5) is 0 Å². The fourth-order valence-corrected chi connectivity index (χ4v) is 1.89. The molecule has 0 spiro atoms. The highest BCUT2D eigenvalue weighted by molar-refractivity contribution is 7.87. The molecule has 0 fully saturated rings. The molecule has 0 saturated heterocycles. The molecular formula is C12H24O7S. The van der Waals surface area contributed by atoms with Crippen molar-refractivity contribution in [2.24, 2.45) is 5.92 Å². The highest BCUT2D eigenvalue weighted by Crippen LogP contribution is 2.06. The minimum absolute atomic E-state index is 0.904. The van der Waals surface area contributed by atoms with Gasteiger partial charge in [0.05, 0.1) is 6.42 Å². The maximum absolute atomic E-state index is 10.2. The van der Waals surface area contributed by atoms with E-state index in [0.717, 1.165) is 5.92 Å². The van der Waals surface area contributed by atoms with Crippen LogP contribution in [-0.4, -0.2) is 40.4 Å². The van der Waals surface area contributed by atoms with Gasteiger partial charge >= 0.3 is 11.9 Å². The van der Waals surface area contributed by atoms with Crippen molar-refractivity contribution < 1.29 is 32.8 Å². The maximum atomic E-state index is 10.2. The molecule has 0 heterocycles. The van der Waals surface area contributed by atoms with Gasteiger partial charge in [-0.3, -0.25) is 14.1 Å². The van der Waals surface area contributed by atoms with Crippen molar-refractivity contribution >= 4 is 22.1 Å². The van der Waals surface area contributed by atoms with E-state index in [4.69, 9.17) is 14.8 Å². The molecule has 1 atom stereocenters. The smallest absolute Gasteiger partial charge is 0.325 e. The zero-order valence-electron chi connectivity index (χ0n) is 12.1. The van der Waals surface area contributed by atoms with Crippen LogP contribution >= 0.6 is 0 Å². The lowest BCUT2D eigenvalue weighted by Crippen LogP contribution is -2.31. The summed E-state index contributed by atoms with van der Waals surface area (Å²) in [5.41, 5.74) is 0. The molecule has 0 aliphatic rings. The van der Waals surface area contributed by atoms with Crippen molar-refractivity contribution in [2.45, 2.75) is 58.1 Å². The predicted octanol–water partition coefficient (Wildman–Crippen LogP) is 2.02. The quantitative estimate of drug-likeness (QED) is 0.462. The first-order valence-corrected chi connectivity index (χ1v) is 7.93. The van der Waals surface area contributed by atoms with Crippen molar-refractivity contribution in [3.05, 3.63) is 0 Å². The molecule has 0 radical (unpaired) electrons. The van der Waals surface area contributed by atoms with Crippen LogP contribution in [0.15, 0.2) is 0 Å². The molecule has 20 heavy (non-hydrogen) atoms. The summed E-state index contributed by atoms with van der Waals surface area (Å²) in [6, 6.07) is 0. The van der Waals surface area contributed by atoms with Gasteiger partial charge in [0.15, 0.2) is 5.25 Å². The summed E-state index contributed by atoms with van der Waals surface area (Å²) >= 11 is 0. The number of hydrogen-bond donors (Lipinski definition) is 3. The molecule has 0 rings (SSSR count). The van der Waals surface area contributed by atoms with E-state index in [1.54, 1.807) is 0 Å². The Balaban J connectivity index is 0. The Morgan fingerprint density at radius 3 is 1.80 bits per heavy atom. The molecule has 120 valence electrons. The third kappa shape index (κ3) is 13.3. The van der Waals surface area contributed by atoms with Gasteiger partial charge in [0.25, 0.3) is 10.1 Å². The minimum Gasteiger partial charge on any atom is -0.481 e. The van der Waals surface area contributed by atoms with Gasteiger partial charge in [-0.1, -0.05) is 46.5 Å². The monoisotopic (exact) mass is 312 g/mol. The van der Waals surface area contributed by atoms with Crippen molar-refractivity contribution in [1.29, 1.82) is 0 Å². The topological polar surface area (TPSA) is 129 Å². The van der Waals surface area contributed by atoms with Crippen molar-refractivity contribution in [3.8, 4) is 0 Å². The lowest BCUT2D eigenvalue weighted by molar-refractivity contribution is -0.143. The molecule has 0 saturated carbocycles. The highest BCUT2D eigenvalue weighted by Gasteiger charge is 2.33. The van der Waals surface area contributed by atoms with Crippen molar-refractivity contribution in [3.63, 3.8) is 0 Å². The fourth-order valence-electron chi connectivity index (χ4n) is 1.28. The third-order valence-electron chi connectivity index (χ3n) is 2.38. The lowest BCUT2D eigenvalue weighted by Gasteiger charge is -2.04. The molecule has 8 heteroatoms. The number of carboxylic acid groups (broad SMARTS) is 2. The second kappa shape index (κ2) is 10.6. The molecule has 0 aromatic carbocycles. The molecule has 0 aliphatic heterocycles. The van der Waals surface area contributed by atoms with Crippen LogP contribution in [0.5, 0.6) is 0 Å². The van der Waals surface area contributed by atoms with E-state index in [1.165, 1.54) is 25.7 Å². The third-order valence-corrected chi connectivity index (χ3v) is 3.47. The fraction of sp³-hybridized carbons (Fsp3) is 0.833. The molecule has 0 aliphatic carbocycles. The van der Waals surface area contributed by atoms with Gasteiger partial charge in [0.2, 0.25) is 0 Å². The Morgan fingerprint density at radius 1 is 1.10 bits per heavy atom. The van der Waals surface area contributed by atoms with Crippen LogP contribution in [0.3, 0.4) is 0 Å². The summed E-state index contributed by atoms with van der Waals surface area (Å²) in [6.07, 6.45) is 4.45. The molecule has 1 unspecified atom stereocenters. The van der Waals surface area contributed by atoms with Crippen molar-refractivity contribution in [2.75, 3.05) is 0 Å². The van der Waals surface area contributed by atoms with E-state index >= 15 is 0 Å². The van der Waals surface area contributed by atoms with E-state index < -0.39 is 33.7 Å². The van der Waals surface area contributed by atoms with Gasteiger partial charge in [-0.05, 0) is 5.92 Å².